The van der Waals surface area contributed by atoms with Gasteiger partial charge in [0, 0.05) is 32.9 Å². The molecule has 0 atom stereocenters. The Balaban J connectivity index is 1.60. The molecule has 0 bridgehead atoms. The van der Waals surface area contributed by atoms with Crippen LogP contribution in [0.5, 0.6) is 11.5 Å². The molecule has 37 heavy (non-hydrogen) atoms. The quantitative estimate of drug-likeness (QED) is 0.357. The Morgan fingerprint density at radius 1 is 0.757 bits per heavy atom. The Morgan fingerprint density at radius 3 is 2.14 bits per heavy atom. The summed E-state index contributed by atoms with van der Waals surface area (Å²) < 4.78 is 18.3. The Morgan fingerprint density at radius 2 is 1.46 bits per heavy atom. The summed E-state index contributed by atoms with van der Waals surface area (Å²) in [5, 5.41) is 0. The van der Waals surface area contributed by atoms with Crippen LogP contribution in [0.4, 0.5) is 0 Å². The second kappa shape index (κ2) is 8.41. The van der Waals surface area contributed by atoms with Crippen LogP contribution in [0.1, 0.15) is 0 Å². The summed E-state index contributed by atoms with van der Waals surface area (Å²) in [4.78, 5) is 21.9. The Labute approximate surface area is 212 Å². The van der Waals surface area contributed by atoms with Gasteiger partial charge in [0.1, 0.15) is 17.2 Å². The number of imidazole rings is 3. The van der Waals surface area contributed by atoms with Crippen molar-refractivity contribution in [1.29, 1.82) is 0 Å². The Bertz CT molecular complexity index is 1850. The van der Waals surface area contributed by atoms with Gasteiger partial charge in [-0.3, -0.25) is 13.7 Å². The minimum absolute atomic E-state index is 0.0622. The second-order valence-electron chi connectivity index (χ2n) is 9.04. The van der Waals surface area contributed by atoms with Crippen molar-refractivity contribution in [3.05, 3.63) is 77.6 Å². The van der Waals surface area contributed by atoms with Gasteiger partial charge in [-0.1, -0.05) is 6.07 Å². The topological polar surface area (TPSA) is 81.0 Å². The molecular weight excluding hydrogens is 468 g/mol. The molecule has 0 aliphatic carbocycles. The number of rotatable bonds is 5. The lowest BCUT2D eigenvalue weighted by Crippen LogP contribution is -2.19. The first-order valence-corrected chi connectivity index (χ1v) is 11.8. The van der Waals surface area contributed by atoms with E-state index in [0.29, 0.717) is 0 Å². The SMILES string of the molecule is COc1cc(OC)cc(-c2ccc3c(c2)nc(-c2cncn2C)n3-c2ccc3c(c2)n(C)c(=O)n3C)c1. The summed E-state index contributed by atoms with van der Waals surface area (Å²) >= 11 is 0. The van der Waals surface area contributed by atoms with Crippen molar-refractivity contribution >= 4 is 22.1 Å². The summed E-state index contributed by atoms with van der Waals surface area (Å²) in [5.41, 5.74) is 7.17. The van der Waals surface area contributed by atoms with Crippen LogP contribution < -0.4 is 15.2 Å². The van der Waals surface area contributed by atoms with Gasteiger partial charge in [0.15, 0.2) is 5.82 Å². The molecule has 3 aromatic carbocycles. The maximum absolute atomic E-state index is 12.5. The molecule has 3 aromatic heterocycles. The lowest BCUT2D eigenvalue weighted by atomic mass is 10.0. The number of hydrogen-bond acceptors (Lipinski definition) is 5. The third-order valence-corrected chi connectivity index (χ3v) is 6.90. The van der Waals surface area contributed by atoms with Gasteiger partial charge in [0.2, 0.25) is 0 Å². The standard InChI is InChI=1S/C28H26N6O3/c1-31-16-29-15-26(31)27-30-22-12-17(18-10-20(36-4)14-21(11-18)37-5)6-8-23(22)34(27)19-7-9-24-25(13-19)33(3)28(35)32(24)2/h6-16H,1-5H3. The van der Waals surface area contributed by atoms with Gasteiger partial charge in [-0.05, 0) is 53.6 Å². The van der Waals surface area contributed by atoms with Gasteiger partial charge < -0.3 is 14.0 Å². The highest BCUT2D eigenvalue weighted by molar-refractivity contribution is 5.88. The number of aryl methyl sites for hydroxylation is 3. The number of benzene rings is 3. The molecule has 6 aromatic rings. The first kappa shape index (κ1) is 22.7. The van der Waals surface area contributed by atoms with E-state index < -0.39 is 0 Å². The van der Waals surface area contributed by atoms with Crippen molar-refractivity contribution in [3.8, 4) is 39.8 Å². The Kier molecular flexibility index (Phi) is 5.15. The molecule has 186 valence electrons. The molecule has 0 spiro atoms. The molecule has 0 fully saturated rings. The molecule has 0 N–H and O–H groups in total. The lowest BCUT2D eigenvalue weighted by Gasteiger charge is -2.11. The van der Waals surface area contributed by atoms with Crippen LogP contribution in [0, 0.1) is 0 Å². The van der Waals surface area contributed by atoms with Gasteiger partial charge in [-0.2, -0.15) is 0 Å². The van der Waals surface area contributed by atoms with Gasteiger partial charge in [-0.15, -0.1) is 0 Å². The van der Waals surface area contributed by atoms with E-state index in [9.17, 15) is 4.79 Å². The number of methoxy groups -OCH3 is 2. The van der Waals surface area contributed by atoms with Crippen LogP contribution >= 0.6 is 0 Å². The fourth-order valence-corrected chi connectivity index (χ4v) is 4.87. The van der Waals surface area contributed by atoms with Crippen LogP contribution in [-0.4, -0.2) is 42.5 Å². The normalized spacial score (nSPS) is 11.5. The minimum Gasteiger partial charge on any atom is -0.497 e. The van der Waals surface area contributed by atoms with E-state index in [2.05, 4.69) is 27.8 Å². The lowest BCUT2D eigenvalue weighted by molar-refractivity contribution is 0.394. The van der Waals surface area contributed by atoms with E-state index in [1.807, 2.05) is 54.2 Å². The van der Waals surface area contributed by atoms with Crippen LogP contribution in [-0.2, 0) is 21.1 Å². The van der Waals surface area contributed by atoms with Gasteiger partial charge in [0.05, 0.1) is 48.8 Å². The van der Waals surface area contributed by atoms with Crippen LogP contribution in [0.3, 0.4) is 0 Å². The summed E-state index contributed by atoms with van der Waals surface area (Å²) in [6, 6.07) is 18.0. The molecule has 6 rings (SSSR count). The largest absolute Gasteiger partial charge is 0.497 e. The van der Waals surface area contributed by atoms with Crippen molar-refractivity contribution < 1.29 is 9.47 Å². The van der Waals surface area contributed by atoms with Crippen molar-refractivity contribution in [3.63, 3.8) is 0 Å². The van der Waals surface area contributed by atoms with Crippen molar-refractivity contribution in [2.75, 3.05) is 14.2 Å². The van der Waals surface area contributed by atoms with E-state index in [1.165, 1.54) is 0 Å². The first-order chi connectivity index (χ1) is 17.9. The highest BCUT2D eigenvalue weighted by Crippen LogP contribution is 2.34. The zero-order valence-electron chi connectivity index (χ0n) is 21.3. The van der Waals surface area contributed by atoms with Crippen molar-refractivity contribution in [2.24, 2.45) is 21.1 Å². The maximum Gasteiger partial charge on any atom is 0.328 e. The fraction of sp³-hybridized carbons (Fsp3) is 0.179. The molecule has 0 unspecified atom stereocenters. The zero-order chi connectivity index (χ0) is 25.8. The minimum atomic E-state index is -0.0622. The van der Waals surface area contributed by atoms with Crippen molar-refractivity contribution in [1.82, 2.24) is 28.2 Å². The first-order valence-electron chi connectivity index (χ1n) is 11.8. The zero-order valence-corrected chi connectivity index (χ0v) is 21.3. The van der Waals surface area contributed by atoms with Crippen LogP contribution in [0.25, 0.3) is 50.4 Å². The molecule has 0 saturated heterocycles. The Hall–Kier alpha value is -4.79. The summed E-state index contributed by atoms with van der Waals surface area (Å²) in [5.74, 6) is 2.20. The predicted octanol–water partition coefficient (Wildman–Crippen LogP) is 4.30. The second-order valence-corrected chi connectivity index (χ2v) is 9.04. The number of ether oxygens (including phenoxy) is 2. The predicted molar refractivity (Wildman–Crippen MR) is 144 cm³/mol. The maximum atomic E-state index is 12.5. The number of nitrogens with zero attached hydrogens (tertiary/aromatic N) is 6. The smallest absolute Gasteiger partial charge is 0.328 e. The molecule has 9 heteroatoms. The molecule has 0 aliphatic heterocycles. The van der Waals surface area contributed by atoms with Crippen molar-refractivity contribution in [2.45, 2.75) is 0 Å². The van der Waals surface area contributed by atoms with E-state index in [-0.39, 0.29) is 5.69 Å². The molecule has 0 amide bonds. The summed E-state index contributed by atoms with van der Waals surface area (Å²) in [7, 11) is 8.81. The molecule has 0 aliphatic rings. The van der Waals surface area contributed by atoms with Gasteiger partial charge in [0.25, 0.3) is 0 Å². The summed E-state index contributed by atoms with van der Waals surface area (Å²) in [6.45, 7) is 0. The summed E-state index contributed by atoms with van der Waals surface area (Å²) in [6.07, 6.45) is 3.57. The molecule has 0 radical (unpaired) electrons. The number of aromatic nitrogens is 6. The fourth-order valence-electron chi connectivity index (χ4n) is 4.87. The van der Waals surface area contributed by atoms with Crippen LogP contribution in [0.15, 0.2) is 71.9 Å². The molecular formula is C28H26N6O3. The highest BCUT2D eigenvalue weighted by atomic mass is 16.5. The number of fused-ring (bicyclic) bond motifs is 2. The van der Waals surface area contributed by atoms with E-state index in [0.717, 1.165) is 61.9 Å². The monoisotopic (exact) mass is 494 g/mol. The highest BCUT2D eigenvalue weighted by Gasteiger charge is 2.19. The van der Waals surface area contributed by atoms with Gasteiger partial charge >= 0.3 is 5.69 Å². The molecule has 3 heterocycles. The average Bonchev–Trinajstić information content (AvgIpc) is 3.58. The van der Waals surface area contributed by atoms with Crippen LogP contribution in [0.2, 0.25) is 0 Å². The van der Waals surface area contributed by atoms with E-state index >= 15 is 0 Å². The third-order valence-electron chi connectivity index (χ3n) is 6.90. The van der Waals surface area contributed by atoms with E-state index in [4.69, 9.17) is 14.5 Å². The van der Waals surface area contributed by atoms with E-state index in [1.54, 1.807) is 43.8 Å². The van der Waals surface area contributed by atoms with Gasteiger partial charge in [-0.25, -0.2) is 14.8 Å². The average molecular weight is 495 g/mol. The number of hydrogen-bond donors (Lipinski definition) is 0. The third kappa shape index (κ3) is 3.50. The molecule has 9 nitrogen and oxygen atoms in total. The molecule has 0 saturated carbocycles.